The molecule has 5 nitrogen and oxygen atoms in total. The predicted octanol–water partition coefficient (Wildman–Crippen LogP) is 2.67. The van der Waals surface area contributed by atoms with E-state index in [0.717, 1.165) is 16.7 Å². The van der Waals surface area contributed by atoms with Crippen molar-refractivity contribution >= 4 is 17.5 Å². The standard InChI is InChI=1S/C17H19N3O2/c1-10-7-8-13(9-11(10)2)17(21)22-20-16(19)14-5-4-6-15(18)12(14)3/h4-9H,18H2,1-3H3,(H2,19,20). The number of nitrogen functional groups attached to an aromatic ring is 1. The van der Waals surface area contributed by atoms with E-state index >= 15 is 0 Å². The van der Waals surface area contributed by atoms with Gasteiger partial charge in [-0.05, 0) is 55.7 Å². The molecule has 0 heterocycles. The average Bonchev–Trinajstić information content (AvgIpc) is 2.50. The fourth-order valence-corrected chi connectivity index (χ4v) is 1.99. The van der Waals surface area contributed by atoms with Crippen molar-refractivity contribution < 1.29 is 9.63 Å². The second kappa shape index (κ2) is 6.30. The molecule has 2 aromatic rings. The molecule has 2 aromatic carbocycles. The first-order valence-electron chi connectivity index (χ1n) is 6.87. The van der Waals surface area contributed by atoms with E-state index in [-0.39, 0.29) is 5.84 Å². The predicted molar refractivity (Wildman–Crippen MR) is 87.6 cm³/mol. The third-order valence-electron chi connectivity index (χ3n) is 3.62. The van der Waals surface area contributed by atoms with E-state index in [2.05, 4.69) is 5.16 Å². The Hall–Kier alpha value is -2.82. The Balaban J connectivity index is 2.18. The number of nitrogens with two attached hydrogens (primary N) is 2. The summed E-state index contributed by atoms with van der Waals surface area (Å²) in [5, 5.41) is 3.71. The number of amidine groups is 1. The second-order valence-electron chi connectivity index (χ2n) is 5.17. The summed E-state index contributed by atoms with van der Waals surface area (Å²) < 4.78 is 0. The molecule has 0 amide bonds. The Morgan fingerprint density at radius 3 is 2.50 bits per heavy atom. The lowest BCUT2D eigenvalue weighted by atomic mass is 10.1. The van der Waals surface area contributed by atoms with Crippen LogP contribution in [0.5, 0.6) is 0 Å². The number of nitrogens with zero attached hydrogens (tertiary/aromatic N) is 1. The smallest absolute Gasteiger partial charge is 0.365 e. The Bertz CT molecular complexity index is 752. The molecule has 0 bridgehead atoms. The van der Waals surface area contributed by atoms with Gasteiger partial charge in [0, 0.05) is 11.3 Å². The molecule has 0 aromatic heterocycles. The maximum atomic E-state index is 12.0. The number of benzene rings is 2. The van der Waals surface area contributed by atoms with Crippen molar-refractivity contribution in [3.05, 3.63) is 64.2 Å². The van der Waals surface area contributed by atoms with E-state index in [1.807, 2.05) is 26.8 Å². The van der Waals surface area contributed by atoms with Crippen molar-refractivity contribution in [1.82, 2.24) is 0 Å². The lowest BCUT2D eigenvalue weighted by Gasteiger charge is -2.07. The lowest BCUT2D eigenvalue weighted by molar-refractivity contribution is 0.0516. The van der Waals surface area contributed by atoms with Gasteiger partial charge in [-0.1, -0.05) is 23.4 Å². The van der Waals surface area contributed by atoms with E-state index in [9.17, 15) is 4.79 Å². The van der Waals surface area contributed by atoms with E-state index in [0.29, 0.717) is 16.8 Å². The van der Waals surface area contributed by atoms with Crippen LogP contribution in [0.25, 0.3) is 0 Å². The summed E-state index contributed by atoms with van der Waals surface area (Å²) >= 11 is 0. The molecule has 0 aliphatic heterocycles. The van der Waals surface area contributed by atoms with Gasteiger partial charge in [-0.15, -0.1) is 0 Å². The third kappa shape index (κ3) is 3.25. The summed E-state index contributed by atoms with van der Waals surface area (Å²) in [7, 11) is 0. The summed E-state index contributed by atoms with van der Waals surface area (Å²) in [6.45, 7) is 5.74. The number of oxime groups is 1. The number of carbonyl (C=O) groups excluding carboxylic acids is 1. The number of rotatable bonds is 3. The largest absolute Gasteiger partial charge is 0.398 e. The molecule has 5 heteroatoms. The molecular weight excluding hydrogens is 278 g/mol. The van der Waals surface area contributed by atoms with Crippen LogP contribution < -0.4 is 11.5 Å². The number of carbonyl (C=O) groups is 1. The highest BCUT2D eigenvalue weighted by molar-refractivity contribution is 6.00. The van der Waals surface area contributed by atoms with Crippen LogP contribution >= 0.6 is 0 Å². The Labute approximate surface area is 129 Å². The first-order valence-corrected chi connectivity index (χ1v) is 6.87. The molecule has 0 aliphatic carbocycles. The number of hydrogen-bond donors (Lipinski definition) is 2. The molecule has 0 saturated heterocycles. The fraction of sp³-hybridized carbons (Fsp3) is 0.176. The van der Waals surface area contributed by atoms with Crippen LogP contribution in [0.3, 0.4) is 0 Å². The van der Waals surface area contributed by atoms with Crippen molar-refractivity contribution in [3.63, 3.8) is 0 Å². The van der Waals surface area contributed by atoms with Crippen molar-refractivity contribution in [2.45, 2.75) is 20.8 Å². The van der Waals surface area contributed by atoms with Gasteiger partial charge in [0.1, 0.15) is 0 Å². The monoisotopic (exact) mass is 297 g/mol. The van der Waals surface area contributed by atoms with Crippen LogP contribution in [0.15, 0.2) is 41.6 Å². The quantitative estimate of drug-likeness (QED) is 0.299. The topological polar surface area (TPSA) is 90.7 Å². The number of anilines is 1. The van der Waals surface area contributed by atoms with E-state index in [4.69, 9.17) is 16.3 Å². The SMILES string of the molecule is Cc1ccc(C(=O)O/N=C(\N)c2cccc(N)c2C)cc1C. The van der Waals surface area contributed by atoms with Crippen molar-refractivity contribution in [2.24, 2.45) is 10.9 Å². The molecule has 0 radical (unpaired) electrons. The molecule has 22 heavy (non-hydrogen) atoms. The zero-order chi connectivity index (χ0) is 16.3. The van der Waals surface area contributed by atoms with Crippen LogP contribution in [0, 0.1) is 20.8 Å². The van der Waals surface area contributed by atoms with Crippen LogP contribution in [0.2, 0.25) is 0 Å². The minimum atomic E-state index is -0.549. The second-order valence-corrected chi connectivity index (χ2v) is 5.17. The van der Waals surface area contributed by atoms with Gasteiger partial charge >= 0.3 is 5.97 Å². The van der Waals surface area contributed by atoms with Crippen LogP contribution in [-0.4, -0.2) is 11.8 Å². The Morgan fingerprint density at radius 1 is 1.09 bits per heavy atom. The van der Waals surface area contributed by atoms with Gasteiger partial charge in [-0.25, -0.2) is 4.79 Å². The molecule has 114 valence electrons. The first kappa shape index (κ1) is 15.6. The molecule has 0 unspecified atom stereocenters. The highest BCUT2D eigenvalue weighted by Gasteiger charge is 2.10. The van der Waals surface area contributed by atoms with Crippen molar-refractivity contribution in [2.75, 3.05) is 5.73 Å². The van der Waals surface area contributed by atoms with E-state index in [1.165, 1.54) is 0 Å². The first-order chi connectivity index (χ1) is 10.4. The molecule has 0 aliphatic rings. The normalized spacial score (nSPS) is 11.3. The molecule has 0 saturated carbocycles. The third-order valence-corrected chi connectivity index (χ3v) is 3.62. The van der Waals surface area contributed by atoms with Crippen molar-refractivity contribution in [3.8, 4) is 0 Å². The average molecular weight is 297 g/mol. The maximum absolute atomic E-state index is 12.0. The minimum Gasteiger partial charge on any atom is -0.398 e. The summed E-state index contributed by atoms with van der Waals surface area (Å²) in [6.07, 6.45) is 0. The zero-order valence-corrected chi connectivity index (χ0v) is 12.9. The van der Waals surface area contributed by atoms with Crippen molar-refractivity contribution in [1.29, 1.82) is 0 Å². The van der Waals surface area contributed by atoms with Gasteiger partial charge in [0.15, 0.2) is 5.84 Å². The Morgan fingerprint density at radius 2 is 1.82 bits per heavy atom. The van der Waals surface area contributed by atoms with E-state index in [1.54, 1.807) is 30.3 Å². The number of aryl methyl sites for hydroxylation is 2. The molecule has 0 atom stereocenters. The van der Waals surface area contributed by atoms with Gasteiger partial charge in [-0.2, -0.15) is 0 Å². The summed E-state index contributed by atoms with van der Waals surface area (Å²) in [6, 6.07) is 10.6. The molecular formula is C17H19N3O2. The summed E-state index contributed by atoms with van der Waals surface area (Å²) in [4.78, 5) is 16.9. The molecule has 0 spiro atoms. The van der Waals surface area contributed by atoms with Gasteiger partial charge in [0.25, 0.3) is 0 Å². The minimum absolute atomic E-state index is 0.113. The summed E-state index contributed by atoms with van der Waals surface area (Å²) in [5.41, 5.74) is 16.3. The fourth-order valence-electron chi connectivity index (χ4n) is 1.99. The van der Waals surface area contributed by atoms with Crippen LogP contribution in [0.4, 0.5) is 5.69 Å². The maximum Gasteiger partial charge on any atom is 0.365 e. The molecule has 2 rings (SSSR count). The highest BCUT2D eigenvalue weighted by Crippen LogP contribution is 2.15. The lowest BCUT2D eigenvalue weighted by Crippen LogP contribution is -2.17. The van der Waals surface area contributed by atoms with Crippen LogP contribution in [-0.2, 0) is 4.84 Å². The van der Waals surface area contributed by atoms with Gasteiger partial charge < -0.3 is 16.3 Å². The molecule has 4 N–H and O–H groups in total. The summed E-state index contributed by atoms with van der Waals surface area (Å²) in [5.74, 6) is -0.436. The van der Waals surface area contributed by atoms with E-state index < -0.39 is 5.97 Å². The number of hydrogen-bond acceptors (Lipinski definition) is 4. The molecule has 0 fully saturated rings. The van der Waals surface area contributed by atoms with Gasteiger partial charge in [-0.3, -0.25) is 0 Å². The van der Waals surface area contributed by atoms with Gasteiger partial charge in [0.05, 0.1) is 5.56 Å². The zero-order valence-electron chi connectivity index (χ0n) is 12.9. The van der Waals surface area contributed by atoms with Gasteiger partial charge in [0.2, 0.25) is 0 Å². The van der Waals surface area contributed by atoms with Crippen LogP contribution in [0.1, 0.15) is 32.6 Å². The highest BCUT2D eigenvalue weighted by atomic mass is 16.7. The Kier molecular flexibility index (Phi) is 4.46.